The number of halogens is 1. The van der Waals surface area contributed by atoms with Crippen LogP contribution < -0.4 is 5.69 Å². The Bertz CT molecular complexity index is 748. The fraction of sp³-hybridized carbons (Fsp3) is 0.312. The maximum absolute atomic E-state index is 13.6. The molecule has 21 heavy (non-hydrogen) atoms. The van der Waals surface area contributed by atoms with Crippen molar-refractivity contribution in [2.45, 2.75) is 26.4 Å². The van der Waals surface area contributed by atoms with Crippen molar-refractivity contribution in [1.82, 2.24) is 9.13 Å². The Hall–Kier alpha value is -2.32. The Morgan fingerprint density at radius 2 is 2.05 bits per heavy atom. The second kappa shape index (κ2) is 6.42. The van der Waals surface area contributed by atoms with Crippen molar-refractivity contribution in [2.75, 3.05) is 6.61 Å². The van der Waals surface area contributed by atoms with Crippen molar-refractivity contribution in [3.63, 3.8) is 0 Å². The minimum atomic E-state index is -0.411. The van der Waals surface area contributed by atoms with E-state index < -0.39 is 5.82 Å². The van der Waals surface area contributed by atoms with Crippen LogP contribution in [0.5, 0.6) is 0 Å². The second-order valence-electron chi connectivity index (χ2n) is 5.02. The zero-order valence-corrected chi connectivity index (χ0v) is 12.0. The summed E-state index contributed by atoms with van der Waals surface area (Å²) in [5.41, 5.74) is 1.01. The van der Waals surface area contributed by atoms with Crippen LogP contribution in [0.4, 0.5) is 4.39 Å². The summed E-state index contributed by atoms with van der Waals surface area (Å²) < 4.78 is 16.7. The highest BCUT2D eigenvalue weighted by Gasteiger charge is 2.07. The Balaban J connectivity index is 2.31. The molecule has 0 saturated carbocycles. The van der Waals surface area contributed by atoms with Crippen LogP contribution in [0.25, 0.3) is 0 Å². The molecule has 1 heterocycles. The molecule has 1 aromatic carbocycles. The van der Waals surface area contributed by atoms with Crippen LogP contribution in [0, 0.1) is 17.7 Å². The molecule has 0 aliphatic rings. The van der Waals surface area contributed by atoms with Gasteiger partial charge in [0.25, 0.3) is 0 Å². The van der Waals surface area contributed by atoms with E-state index in [4.69, 9.17) is 5.11 Å². The van der Waals surface area contributed by atoms with Crippen molar-refractivity contribution >= 4 is 0 Å². The second-order valence-corrected chi connectivity index (χ2v) is 5.02. The third-order valence-corrected chi connectivity index (χ3v) is 3.05. The fourth-order valence-corrected chi connectivity index (χ4v) is 2.09. The number of hydrogen-bond donors (Lipinski definition) is 1. The number of aliphatic hydroxyl groups excluding tert-OH is 1. The summed E-state index contributed by atoms with van der Waals surface area (Å²) in [6.45, 7) is 3.86. The van der Waals surface area contributed by atoms with Crippen molar-refractivity contribution in [1.29, 1.82) is 0 Å². The van der Waals surface area contributed by atoms with Crippen LogP contribution in [0.15, 0.2) is 35.4 Å². The van der Waals surface area contributed by atoms with E-state index in [1.54, 1.807) is 23.0 Å². The van der Waals surface area contributed by atoms with Gasteiger partial charge in [-0.05, 0) is 37.6 Å². The molecule has 0 saturated heterocycles. The molecule has 0 radical (unpaired) electrons. The van der Waals surface area contributed by atoms with Gasteiger partial charge in [-0.3, -0.25) is 9.13 Å². The van der Waals surface area contributed by atoms with Crippen LogP contribution in [-0.2, 0) is 6.54 Å². The average molecular weight is 288 g/mol. The van der Waals surface area contributed by atoms with E-state index in [2.05, 4.69) is 11.8 Å². The molecule has 1 N–H and O–H groups in total. The van der Waals surface area contributed by atoms with Gasteiger partial charge in [0.2, 0.25) is 0 Å². The number of imidazole rings is 1. The summed E-state index contributed by atoms with van der Waals surface area (Å²) in [5.74, 6) is 4.74. The minimum absolute atomic E-state index is 0.0808. The first kappa shape index (κ1) is 15.1. The SMILES string of the molecule is CC(C)n1ccn(Cc2cc(F)cc(C#CCO)c2)c1=O. The van der Waals surface area contributed by atoms with Crippen molar-refractivity contribution in [2.24, 2.45) is 0 Å². The molecule has 0 atom stereocenters. The smallest absolute Gasteiger partial charge is 0.328 e. The molecule has 0 unspecified atom stereocenters. The molecule has 2 rings (SSSR count). The van der Waals surface area contributed by atoms with Gasteiger partial charge in [0.1, 0.15) is 12.4 Å². The summed E-state index contributed by atoms with van der Waals surface area (Å²) in [6.07, 6.45) is 3.41. The molecular formula is C16H17FN2O2. The average Bonchev–Trinajstić information content (AvgIpc) is 2.77. The van der Waals surface area contributed by atoms with Crippen molar-refractivity contribution in [3.05, 3.63) is 58.0 Å². The number of aliphatic hydroxyl groups is 1. The number of nitrogens with zero attached hydrogens (tertiary/aromatic N) is 2. The maximum atomic E-state index is 13.6. The van der Waals surface area contributed by atoms with Gasteiger partial charge in [0.05, 0.1) is 6.54 Å². The van der Waals surface area contributed by atoms with Gasteiger partial charge in [-0.25, -0.2) is 9.18 Å². The summed E-state index contributed by atoms with van der Waals surface area (Å²) in [7, 11) is 0. The number of hydrogen-bond acceptors (Lipinski definition) is 2. The summed E-state index contributed by atoms with van der Waals surface area (Å²) in [4.78, 5) is 12.1. The Morgan fingerprint density at radius 1 is 1.29 bits per heavy atom. The number of aromatic nitrogens is 2. The van der Waals surface area contributed by atoms with Crippen LogP contribution in [0.1, 0.15) is 31.0 Å². The molecule has 0 fully saturated rings. The Labute approximate surface area is 122 Å². The zero-order chi connectivity index (χ0) is 15.4. The molecule has 0 amide bonds. The third-order valence-electron chi connectivity index (χ3n) is 3.05. The molecule has 5 heteroatoms. The standard InChI is InChI=1S/C16H17FN2O2/c1-12(2)19-6-5-18(16(19)21)11-14-8-13(4-3-7-20)9-15(17)10-14/h5-6,8-10,12,20H,7,11H2,1-2H3. The highest BCUT2D eigenvalue weighted by Crippen LogP contribution is 2.10. The van der Waals surface area contributed by atoms with Gasteiger partial charge >= 0.3 is 5.69 Å². The predicted octanol–water partition coefficient (Wildman–Crippen LogP) is 1.76. The van der Waals surface area contributed by atoms with Gasteiger partial charge in [-0.2, -0.15) is 0 Å². The number of benzene rings is 1. The van der Waals surface area contributed by atoms with Crippen molar-refractivity contribution < 1.29 is 9.50 Å². The lowest BCUT2D eigenvalue weighted by atomic mass is 10.1. The summed E-state index contributed by atoms with van der Waals surface area (Å²) >= 11 is 0. The largest absolute Gasteiger partial charge is 0.384 e. The monoisotopic (exact) mass is 288 g/mol. The maximum Gasteiger partial charge on any atom is 0.328 e. The van der Waals surface area contributed by atoms with E-state index in [9.17, 15) is 9.18 Å². The molecule has 1 aromatic heterocycles. The van der Waals surface area contributed by atoms with E-state index in [0.717, 1.165) is 0 Å². The zero-order valence-electron chi connectivity index (χ0n) is 12.0. The summed E-state index contributed by atoms with van der Waals surface area (Å²) in [5, 5.41) is 8.68. The first-order valence-electron chi connectivity index (χ1n) is 6.67. The van der Waals surface area contributed by atoms with Gasteiger partial charge in [-0.15, -0.1) is 0 Å². The van der Waals surface area contributed by atoms with Gasteiger partial charge in [0, 0.05) is 24.0 Å². The van der Waals surface area contributed by atoms with Crippen molar-refractivity contribution in [3.8, 4) is 11.8 Å². The van der Waals surface area contributed by atoms with Gasteiger partial charge < -0.3 is 5.11 Å². The molecule has 4 nitrogen and oxygen atoms in total. The van der Waals surface area contributed by atoms with E-state index in [1.807, 2.05) is 13.8 Å². The van der Waals surface area contributed by atoms with E-state index in [1.165, 1.54) is 16.7 Å². The van der Waals surface area contributed by atoms with Crippen LogP contribution in [-0.4, -0.2) is 20.8 Å². The third kappa shape index (κ3) is 3.61. The molecular weight excluding hydrogens is 271 g/mol. The van der Waals surface area contributed by atoms with Crippen LogP contribution >= 0.6 is 0 Å². The minimum Gasteiger partial charge on any atom is -0.384 e. The van der Waals surface area contributed by atoms with E-state index in [0.29, 0.717) is 11.1 Å². The molecule has 0 aliphatic heterocycles. The topological polar surface area (TPSA) is 47.2 Å². The molecule has 110 valence electrons. The number of rotatable bonds is 3. The predicted molar refractivity (Wildman–Crippen MR) is 78.5 cm³/mol. The van der Waals surface area contributed by atoms with Gasteiger partial charge in [-0.1, -0.05) is 11.8 Å². The van der Waals surface area contributed by atoms with Gasteiger partial charge in [0.15, 0.2) is 0 Å². The van der Waals surface area contributed by atoms with Crippen LogP contribution in [0.3, 0.4) is 0 Å². The quantitative estimate of drug-likeness (QED) is 0.875. The lowest BCUT2D eigenvalue weighted by Crippen LogP contribution is -2.25. The molecule has 0 aliphatic carbocycles. The lowest BCUT2D eigenvalue weighted by molar-refractivity contribution is 0.350. The fourth-order valence-electron chi connectivity index (χ4n) is 2.09. The Morgan fingerprint density at radius 3 is 2.67 bits per heavy atom. The lowest BCUT2D eigenvalue weighted by Gasteiger charge is -2.06. The Kier molecular flexibility index (Phi) is 4.61. The molecule has 2 aromatic rings. The van der Waals surface area contributed by atoms with Crippen LogP contribution in [0.2, 0.25) is 0 Å². The highest BCUT2D eigenvalue weighted by atomic mass is 19.1. The molecule has 0 spiro atoms. The highest BCUT2D eigenvalue weighted by molar-refractivity contribution is 5.38. The first-order chi connectivity index (χ1) is 10.0. The van der Waals surface area contributed by atoms with E-state index >= 15 is 0 Å². The molecule has 0 bridgehead atoms. The first-order valence-corrected chi connectivity index (χ1v) is 6.67. The normalized spacial score (nSPS) is 10.5. The summed E-state index contributed by atoms with van der Waals surface area (Å²) in [6, 6.07) is 4.47. The van der Waals surface area contributed by atoms with E-state index in [-0.39, 0.29) is 24.9 Å².